The maximum absolute atomic E-state index is 12.4. The van der Waals surface area contributed by atoms with Crippen molar-refractivity contribution >= 4 is 11.7 Å². The van der Waals surface area contributed by atoms with Crippen molar-refractivity contribution in [3.63, 3.8) is 0 Å². The molecule has 3 aliphatic rings. The molecule has 22 heavy (non-hydrogen) atoms. The third-order valence-corrected chi connectivity index (χ3v) is 5.70. The Labute approximate surface area is 131 Å². The molecule has 3 atom stereocenters. The molecule has 3 unspecified atom stereocenters. The second-order valence-corrected chi connectivity index (χ2v) is 7.22. The van der Waals surface area contributed by atoms with E-state index in [2.05, 4.69) is 15.7 Å². The molecule has 1 amide bonds. The van der Waals surface area contributed by atoms with Gasteiger partial charge in [-0.3, -0.25) is 9.48 Å². The maximum atomic E-state index is 12.4. The van der Waals surface area contributed by atoms with Gasteiger partial charge in [0.2, 0.25) is 5.91 Å². The molecule has 1 aromatic rings. The SMILES string of the molecule is O=C(Nc1ccn(C2CCNC2)n1)C1CC1C1CCCCC1. The van der Waals surface area contributed by atoms with E-state index in [1.807, 2.05) is 16.9 Å². The smallest absolute Gasteiger partial charge is 0.228 e. The molecule has 3 fully saturated rings. The van der Waals surface area contributed by atoms with Crippen LogP contribution in [0.4, 0.5) is 5.82 Å². The summed E-state index contributed by atoms with van der Waals surface area (Å²) in [7, 11) is 0. The number of rotatable bonds is 4. The van der Waals surface area contributed by atoms with Crippen LogP contribution >= 0.6 is 0 Å². The minimum absolute atomic E-state index is 0.186. The lowest BCUT2D eigenvalue weighted by molar-refractivity contribution is -0.117. The van der Waals surface area contributed by atoms with Crippen LogP contribution in [0.15, 0.2) is 12.3 Å². The van der Waals surface area contributed by atoms with Crippen LogP contribution < -0.4 is 10.6 Å². The van der Waals surface area contributed by atoms with E-state index in [0.717, 1.165) is 31.8 Å². The highest BCUT2D eigenvalue weighted by Gasteiger charge is 2.47. The molecule has 0 radical (unpaired) electrons. The quantitative estimate of drug-likeness (QED) is 0.898. The van der Waals surface area contributed by atoms with Gasteiger partial charge in [0.05, 0.1) is 6.04 Å². The predicted octanol–water partition coefficient (Wildman–Crippen LogP) is 2.57. The van der Waals surface area contributed by atoms with Crippen LogP contribution in [-0.2, 0) is 4.79 Å². The maximum Gasteiger partial charge on any atom is 0.228 e. The van der Waals surface area contributed by atoms with Crippen LogP contribution in [0.1, 0.15) is 51.0 Å². The van der Waals surface area contributed by atoms with Gasteiger partial charge < -0.3 is 10.6 Å². The minimum Gasteiger partial charge on any atom is -0.315 e. The topological polar surface area (TPSA) is 59.0 Å². The number of anilines is 1. The number of amides is 1. The molecule has 4 rings (SSSR count). The predicted molar refractivity (Wildman–Crippen MR) is 85.6 cm³/mol. The zero-order valence-electron chi connectivity index (χ0n) is 13.1. The Kier molecular flexibility index (Phi) is 3.90. The number of hydrogen-bond acceptors (Lipinski definition) is 3. The molecule has 2 heterocycles. The first kappa shape index (κ1) is 14.2. The summed E-state index contributed by atoms with van der Waals surface area (Å²) in [6.07, 6.45) is 10.9. The summed E-state index contributed by atoms with van der Waals surface area (Å²) in [5, 5.41) is 10.9. The molecule has 1 aromatic heterocycles. The molecule has 5 nitrogen and oxygen atoms in total. The van der Waals surface area contributed by atoms with Crippen molar-refractivity contribution in [2.45, 2.75) is 51.0 Å². The molecule has 0 bridgehead atoms. The number of nitrogens with one attached hydrogen (secondary N) is 2. The van der Waals surface area contributed by atoms with Gasteiger partial charge in [-0.25, -0.2) is 0 Å². The van der Waals surface area contributed by atoms with Gasteiger partial charge in [0.15, 0.2) is 5.82 Å². The van der Waals surface area contributed by atoms with Crippen molar-refractivity contribution < 1.29 is 4.79 Å². The average Bonchev–Trinajstić information content (AvgIpc) is 2.95. The summed E-state index contributed by atoms with van der Waals surface area (Å²) < 4.78 is 1.99. The Morgan fingerprint density at radius 1 is 1.27 bits per heavy atom. The number of carbonyl (C=O) groups excluding carboxylic acids is 1. The summed E-state index contributed by atoms with van der Waals surface area (Å²) in [6, 6.07) is 2.36. The van der Waals surface area contributed by atoms with Crippen LogP contribution in [0.25, 0.3) is 0 Å². The zero-order valence-corrected chi connectivity index (χ0v) is 13.1. The first-order valence-corrected chi connectivity index (χ1v) is 8.88. The molecule has 0 spiro atoms. The number of hydrogen-bond donors (Lipinski definition) is 2. The van der Waals surface area contributed by atoms with Crippen LogP contribution in [0.3, 0.4) is 0 Å². The fourth-order valence-electron chi connectivity index (χ4n) is 4.29. The second-order valence-electron chi connectivity index (χ2n) is 7.22. The van der Waals surface area contributed by atoms with Crippen molar-refractivity contribution in [3.8, 4) is 0 Å². The molecule has 2 aliphatic carbocycles. The van der Waals surface area contributed by atoms with Gasteiger partial charge in [-0.15, -0.1) is 0 Å². The summed E-state index contributed by atoms with van der Waals surface area (Å²) in [5.74, 6) is 2.58. The highest BCUT2D eigenvalue weighted by atomic mass is 16.2. The Morgan fingerprint density at radius 2 is 2.14 bits per heavy atom. The van der Waals surface area contributed by atoms with Gasteiger partial charge in [-0.2, -0.15) is 5.10 Å². The second kappa shape index (κ2) is 6.03. The Bertz CT molecular complexity index is 529. The van der Waals surface area contributed by atoms with Crippen molar-refractivity contribution in [1.29, 1.82) is 0 Å². The molecule has 2 saturated carbocycles. The van der Waals surface area contributed by atoms with Gasteiger partial charge in [0.25, 0.3) is 0 Å². The van der Waals surface area contributed by atoms with Gasteiger partial charge in [-0.1, -0.05) is 32.1 Å². The van der Waals surface area contributed by atoms with E-state index in [1.165, 1.54) is 32.1 Å². The lowest BCUT2D eigenvalue weighted by Gasteiger charge is -2.21. The van der Waals surface area contributed by atoms with Gasteiger partial charge in [0.1, 0.15) is 0 Å². The van der Waals surface area contributed by atoms with Crippen LogP contribution in [-0.4, -0.2) is 28.8 Å². The first-order chi connectivity index (χ1) is 10.8. The normalized spacial score (nSPS) is 32.1. The van der Waals surface area contributed by atoms with E-state index < -0.39 is 0 Å². The summed E-state index contributed by atoms with van der Waals surface area (Å²) in [6.45, 7) is 2.03. The number of nitrogens with zero attached hydrogens (tertiary/aromatic N) is 2. The van der Waals surface area contributed by atoms with Gasteiger partial charge >= 0.3 is 0 Å². The molecular formula is C17H26N4O. The van der Waals surface area contributed by atoms with E-state index >= 15 is 0 Å². The van der Waals surface area contributed by atoms with Crippen LogP contribution in [0, 0.1) is 17.8 Å². The van der Waals surface area contributed by atoms with Crippen molar-refractivity contribution in [1.82, 2.24) is 15.1 Å². The van der Waals surface area contributed by atoms with E-state index in [9.17, 15) is 4.79 Å². The zero-order chi connectivity index (χ0) is 14.9. The third kappa shape index (κ3) is 2.91. The first-order valence-electron chi connectivity index (χ1n) is 8.88. The average molecular weight is 302 g/mol. The fraction of sp³-hybridized carbons (Fsp3) is 0.765. The molecular weight excluding hydrogens is 276 g/mol. The summed E-state index contributed by atoms with van der Waals surface area (Å²) in [4.78, 5) is 12.4. The van der Waals surface area contributed by atoms with Crippen LogP contribution in [0.2, 0.25) is 0 Å². The molecule has 2 N–H and O–H groups in total. The Balaban J connectivity index is 1.31. The third-order valence-electron chi connectivity index (χ3n) is 5.70. The Morgan fingerprint density at radius 3 is 2.91 bits per heavy atom. The van der Waals surface area contributed by atoms with E-state index in [1.54, 1.807) is 0 Å². The van der Waals surface area contributed by atoms with Crippen molar-refractivity contribution in [2.24, 2.45) is 17.8 Å². The lowest BCUT2D eigenvalue weighted by Crippen LogP contribution is -2.19. The standard InChI is InChI=1S/C17H26N4O/c22-17(15-10-14(15)12-4-2-1-3-5-12)19-16-7-9-21(20-16)13-6-8-18-11-13/h7,9,12-15,18H,1-6,8,10-11H2,(H,19,20,22). The number of carbonyl (C=O) groups is 1. The highest BCUT2D eigenvalue weighted by molar-refractivity contribution is 5.93. The molecule has 5 heteroatoms. The lowest BCUT2D eigenvalue weighted by atomic mass is 9.85. The largest absolute Gasteiger partial charge is 0.315 e. The summed E-state index contributed by atoms with van der Waals surface area (Å²) >= 11 is 0. The van der Waals surface area contributed by atoms with E-state index in [0.29, 0.717) is 17.8 Å². The highest BCUT2D eigenvalue weighted by Crippen LogP contribution is 2.49. The van der Waals surface area contributed by atoms with Crippen molar-refractivity contribution in [2.75, 3.05) is 18.4 Å². The molecule has 1 saturated heterocycles. The summed E-state index contributed by atoms with van der Waals surface area (Å²) in [5.41, 5.74) is 0. The van der Waals surface area contributed by atoms with Gasteiger partial charge in [0, 0.05) is 24.7 Å². The van der Waals surface area contributed by atoms with Gasteiger partial charge in [-0.05, 0) is 31.2 Å². The molecule has 120 valence electrons. The molecule has 0 aromatic carbocycles. The minimum atomic E-state index is 0.186. The van der Waals surface area contributed by atoms with E-state index in [-0.39, 0.29) is 11.8 Å². The Hall–Kier alpha value is -1.36. The van der Waals surface area contributed by atoms with Crippen molar-refractivity contribution in [3.05, 3.63) is 12.3 Å². The molecule has 1 aliphatic heterocycles. The van der Waals surface area contributed by atoms with Crippen LogP contribution in [0.5, 0.6) is 0 Å². The monoisotopic (exact) mass is 302 g/mol. The van der Waals surface area contributed by atoms with E-state index in [4.69, 9.17) is 0 Å². The number of aromatic nitrogens is 2. The fourth-order valence-corrected chi connectivity index (χ4v) is 4.29.